The maximum Gasteiger partial charge on any atom is 0.0242 e. The van der Waals surface area contributed by atoms with Gasteiger partial charge in [0.25, 0.3) is 0 Å². The molecular weight excluding hydrogens is 256 g/mol. The summed E-state index contributed by atoms with van der Waals surface area (Å²) in [6, 6.07) is 5.54. The lowest BCUT2D eigenvalue weighted by atomic mass is 9.96. The second-order valence-corrected chi connectivity index (χ2v) is 7.25. The van der Waals surface area contributed by atoms with Gasteiger partial charge in [-0.3, -0.25) is 4.90 Å². The van der Waals surface area contributed by atoms with E-state index in [2.05, 4.69) is 43.1 Å². The Bertz CT molecular complexity index is 461. The molecule has 2 heteroatoms. The van der Waals surface area contributed by atoms with Gasteiger partial charge in [0.1, 0.15) is 0 Å². The molecular formula is C19H30N2. The molecule has 116 valence electrons. The van der Waals surface area contributed by atoms with Crippen molar-refractivity contribution in [1.82, 2.24) is 10.2 Å². The summed E-state index contributed by atoms with van der Waals surface area (Å²) in [4.78, 5) is 2.77. The van der Waals surface area contributed by atoms with E-state index in [4.69, 9.17) is 0 Å². The molecule has 1 aliphatic carbocycles. The summed E-state index contributed by atoms with van der Waals surface area (Å²) in [6.45, 7) is 11.6. The highest BCUT2D eigenvalue weighted by Crippen LogP contribution is 2.31. The van der Waals surface area contributed by atoms with Crippen LogP contribution in [0.15, 0.2) is 12.1 Å². The zero-order valence-electron chi connectivity index (χ0n) is 13.9. The van der Waals surface area contributed by atoms with Crippen LogP contribution in [0.3, 0.4) is 0 Å². The van der Waals surface area contributed by atoms with Gasteiger partial charge in [-0.1, -0.05) is 17.7 Å². The van der Waals surface area contributed by atoms with Crippen LogP contribution in [0.4, 0.5) is 0 Å². The topological polar surface area (TPSA) is 15.3 Å². The van der Waals surface area contributed by atoms with Gasteiger partial charge in [0, 0.05) is 19.1 Å². The van der Waals surface area contributed by atoms with Crippen molar-refractivity contribution < 1.29 is 0 Å². The fraction of sp³-hybridized carbons (Fsp3) is 0.684. The maximum absolute atomic E-state index is 3.57. The SMILES string of the molecule is Cc1cc(C)c(CN(CC2CCCNC2)C2CC2)c(C)c1. The maximum atomic E-state index is 3.57. The van der Waals surface area contributed by atoms with Crippen LogP contribution >= 0.6 is 0 Å². The van der Waals surface area contributed by atoms with Gasteiger partial charge in [-0.25, -0.2) is 0 Å². The van der Waals surface area contributed by atoms with E-state index in [-0.39, 0.29) is 0 Å². The summed E-state index contributed by atoms with van der Waals surface area (Å²) in [5.41, 5.74) is 5.90. The van der Waals surface area contributed by atoms with Gasteiger partial charge in [-0.15, -0.1) is 0 Å². The Hall–Kier alpha value is -0.860. The van der Waals surface area contributed by atoms with Gasteiger partial charge in [0.05, 0.1) is 0 Å². The van der Waals surface area contributed by atoms with E-state index in [0.717, 1.165) is 18.5 Å². The second-order valence-electron chi connectivity index (χ2n) is 7.25. The Morgan fingerprint density at radius 3 is 2.38 bits per heavy atom. The highest BCUT2D eigenvalue weighted by Gasteiger charge is 2.31. The van der Waals surface area contributed by atoms with Crippen LogP contribution in [0, 0.1) is 26.7 Å². The third kappa shape index (κ3) is 3.87. The zero-order chi connectivity index (χ0) is 14.8. The third-order valence-electron chi connectivity index (χ3n) is 5.16. The molecule has 0 amide bonds. The molecule has 1 aromatic rings. The van der Waals surface area contributed by atoms with Crippen molar-refractivity contribution in [3.63, 3.8) is 0 Å². The Balaban J connectivity index is 1.70. The molecule has 1 atom stereocenters. The molecule has 1 unspecified atom stereocenters. The van der Waals surface area contributed by atoms with Crippen molar-refractivity contribution in [3.8, 4) is 0 Å². The van der Waals surface area contributed by atoms with Crippen molar-refractivity contribution in [2.75, 3.05) is 19.6 Å². The number of benzene rings is 1. The molecule has 0 radical (unpaired) electrons. The first kappa shape index (κ1) is 15.1. The summed E-state index contributed by atoms with van der Waals surface area (Å²) in [5, 5.41) is 3.57. The van der Waals surface area contributed by atoms with E-state index in [1.165, 1.54) is 62.0 Å². The van der Waals surface area contributed by atoms with Crippen molar-refractivity contribution in [2.45, 2.75) is 59.0 Å². The fourth-order valence-electron chi connectivity index (χ4n) is 3.86. The average Bonchev–Trinajstić information content (AvgIpc) is 3.27. The Morgan fingerprint density at radius 2 is 1.81 bits per heavy atom. The van der Waals surface area contributed by atoms with E-state index < -0.39 is 0 Å². The van der Waals surface area contributed by atoms with Gasteiger partial charge in [-0.2, -0.15) is 0 Å². The van der Waals surface area contributed by atoms with Gasteiger partial charge in [-0.05, 0) is 82.2 Å². The number of aryl methyl sites for hydroxylation is 3. The fourth-order valence-corrected chi connectivity index (χ4v) is 3.86. The molecule has 1 aromatic carbocycles. The van der Waals surface area contributed by atoms with E-state index in [1.807, 2.05) is 0 Å². The Kier molecular flexibility index (Phi) is 4.66. The number of hydrogen-bond donors (Lipinski definition) is 1. The first-order valence-electron chi connectivity index (χ1n) is 8.65. The van der Waals surface area contributed by atoms with Crippen LogP contribution in [-0.4, -0.2) is 30.6 Å². The van der Waals surface area contributed by atoms with Crippen LogP contribution in [0.2, 0.25) is 0 Å². The first-order chi connectivity index (χ1) is 10.1. The van der Waals surface area contributed by atoms with Gasteiger partial charge in [0.15, 0.2) is 0 Å². The van der Waals surface area contributed by atoms with Crippen molar-refractivity contribution in [2.24, 2.45) is 5.92 Å². The molecule has 0 spiro atoms. The molecule has 1 saturated heterocycles. The molecule has 1 aliphatic heterocycles. The van der Waals surface area contributed by atoms with E-state index >= 15 is 0 Å². The largest absolute Gasteiger partial charge is 0.316 e. The van der Waals surface area contributed by atoms with Gasteiger partial charge >= 0.3 is 0 Å². The normalized spacial score (nSPS) is 22.8. The Labute approximate surface area is 129 Å². The summed E-state index contributed by atoms with van der Waals surface area (Å²) >= 11 is 0. The molecule has 0 aromatic heterocycles. The minimum absolute atomic E-state index is 0.852. The van der Waals surface area contributed by atoms with Gasteiger partial charge in [0.2, 0.25) is 0 Å². The van der Waals surface area contributed by atoms with E-state index in [1.54, 1.807) is 5.56 Å². The van der Waals surface area contributed by atoms with Crippen LogP contribution in [0.1, 0.15) is 47.9 Å². The lowest BCUT2D eigenvalue weighted by Crippen LogP contribution is -2.39. The standard InChI is InChI=1S/C19H30N2/c1-14-9-15(2)19(16(3)10-14)13-21(18-6-7-18)12-17-5-4-8-20-11-17/h9-10,17-18,20H,4-8,11-13H2,1-3H3. The predicted octanol–water partition coefficient (Wildman–Crippen LogP) is 3.58. The molecule has 0 bridgehead atoms. The molecule has 2 nitrogen and oxygen atoms in total. The minimum atomic E-state index is 0.852. The predicted molar refractivity (Wildman–Crippen MR) is 89.7 cm³/mol. The second kappa shape index (κ2) is 6.50. The minimum Gasteiger partial charge on any atom is -0.316 e. The smallest absolute Gasteiger partial charge is 0.0242 e. The van der Waals surface area contributed by atoms with Crippen LogP contribution < -0.4 is 5.32 Å². The number of hydrogen-bond acceptors (Lipinski definition) is 2. The van der Waals surface area contributed by atoms with Crippen LogP contribution in [0.25, 0.3) is 0 Å². The zero-order valence-corrected chi connectivity index (χ0v) is 13.9. The summed E-state index contributed by atoms with van der Waals surface area (Å²) in [7, 11) is 0. The summed E-state index contributed by atoms with van der Waals surface area (Å²) in [5.74, 6) is 0.852. The highest BCUT2D eigenvalue weighted by molar-refractivity contribution is 5.37. The first-order valence-corrected chi connectivity index (χ1v) is 8.65. The molecule has 1 saturated carbocycles. The molecule has 2 aliphatic rings. The van der Waals surface area contributed by atoms with Crippen molar-refractivity contribution >= 4 is 0 Å². The highest BCUT2D eigenvalue weighted by atomic mass is 15.2. The monoisotopic (exact) mass is 286 g/mol. The van der Waals surface area contributed by atoms with E-state index in [9.17, 15) is 0 Å². The molecule has 1 heterocycles. The number of nitrogens with zero attached hydrogens (tertiary/aromatic N) is 1. The van der Waals surface area contributed by atoms with Crippen molar-refractivity contribution in [1.29, 1.82) is 0 Å². The number of nitrogens with one attached hydrogen (secondary N) is 1. The molecule has 21 heavy (non-hydrogen) atoms. The molecule has 1 N–H and O–H groups in total. The number of rotatable bonds is 5. The van der Waals surface area contributed by atoms with Crippen LogP contribution in [0.5, 0.6) is 0 Å². The van der Waals surface area contributed by atoms with E-state index in [0.29, 0.717) is 0 Å². The van der Waals surface area contributed by atoms with Gasteiger partial charge < -0.3 is 5.32 Å². The molecule has 3 rings (SSSR count). The third-order valence-corrected chi connectivity index (χ3v) is 5.16. The lowest BCUT2D eigenvalue weighted by Gasteiger charge is -2.31. The average molecular weight is 286 g/mol. The quantitative estimate of drug-likeness (QED) is 0.890. The Morgan fingerprint density at radius 1 is 1.10 bits per heavy atom. The number of piperidine rings is 1. The molecule has 2 fully saturated rings. The van der Waals surface area contributed by atoms with Crippen molar-refractivity contribution in [3.05, 3.63) is 34.4 Å². The lowest BCUT2D eigenvalue weighted by molar-refractivity contribution is 0.192. The summed E-state index contributed by atoms with van der Waals surface area (Å²) < 4.78 is 0. The van der Waals surface area contributed by atoms with Crippen LogP contribution in [-0.2, 0) is 6.54 Å². The summed E-state index contributed by atoms with van der Waals surface area (Å²) in [6.07, 6.45) is 5.57.